The Morgan fingerprint density at radius 2 is 1.00 bits per heavy atom. The number of methoxy groups -OCH3 is 2. The van der Waals surface area contributed by atoms with E-state index in [4.69, 9.17) is 18.9 Å². The normalized spacial score (nSPS) is 21.1. The molecule has 0 bridgehead atoms. The van der Waals surface area contributed by atoms with Crippen LogP contribution < -0.4 is 18.9 Å². The van der Waals surface area contributed by atoms with Gasteiger partial charge in [0.25, 0.3) is 0 Å². The SMILES string of the molecule is COc1cc(C2C(C(=O)O)C(c3ccc(OC(C)=O)c(OC)c3)C2C(=O)O)ccc1OC(C)=O. The Morgan fingerprint density at radius 1 is 0.647 bits per heavy atom. The highest BCUT2D eigenvalue weighted by molar-refractivity contribution is 5.84. The number of carboxylic acid groups (broad SMARTS) is 2. The molecule has 10 nitrogen and oxygen atoms in total. The average molecular weight is 472 g/mol. The number of ether oxygens (including phenoxy) is 4. The summed E-state index contributed by atoms with van der Waals surface area (Å²) in [7, 11) is 2.71. The van der Waals surface area contributed by atoms with E-state index < -0.39 is 47.5 Å². The second-order valence-corrected chi connectivity index (χ2v) is 7.79. The van der Waals surface area contributed by atoms with E-state index in [-0.39, 0.29) is 23.0 Å². The third-order valence-corrected chi connectivity index (χ3v) is 5.77. The summed E-state index contributed by atoms with van der Waals surface area (Å²) in [5, 5.41) is 20.0. The fourth-order valence-electron chi connectivity index (χ4n) is 4.45. The first-order valence-corrected chi connectivity index (χ1v) is 10.3. The van der Waals surface area contributed by atoms with Crippen LogP contribution in [0, 0.1) is 11.8 Å². The quantitative estimate of drug-likeness (QED) is 0.434. The third kappa shape index (κ3) is 4.66. The zero-order valence-corrected chi connectivity index (χ0v) is 18.9. The smallest absolute Gasteiger partial charge is 0.308 e. The van der Waals surface area contributed by atoms with Crippen LogP contribution in [0.2, 0.25) is 0 Å². The van der Waals surface area contributed by atoms with E-state index in [1.807, 2.05) is 0 Å². The van der Waals surface area contributed by atoms with E-state index in [2.05, 4.69) is 0 Å². The van der Waals surface area contributed by atoms with Gasteiger partial charge in [0.05, 0.1) is 26.1 Å². The number of aliphatic carboxylic acids is 2. The van der Waals surface area contributed by atoms with Crippen LogP contribution in [0.1, 0.15) is 36.8 Å². The van der Waals surface area contributed by atoms with Crippen molar-refractivity contribution in [2.75, 3.05) is 14.2 Å². The maximum absolute atomic E-state index is 12.3. The average Bonchev–Trinajstić information content (AvgIpc) is 2.73. The van der Waals surface area contributed by atoms with Gasteiger partial charge in [-0.3, -0.25) is 19.2 Å². The summed E-state index contributed by atoms with van der Waals surface area (Å²) in [5.74, 6) is -6.73. The Morgan fingerprint density at radius 3 is 1.26 bits per heavy atom. The predicted octanol–water partition coefficient (Wildman–Crippen LogP) is 2.84. The Hall–Kier alpha value is -4.08. The first-order valence-electron chi connectivity index (χ1n) is 10.3. The van der Waals surface area contributed by atoms with E-state index in [0.717, 1.165) is 0 Å². The Labute approximate surface area is 195 Å². The summed E-state index contributed by atoms with van der Waals surface area (Å²) < 4.78 is 20.7. The molecule has 0 heterocycles. The minimum absolute atomic E-state index is 0.138. The molecule has 0 spiro atoms. The molecule has 0 atom stereocenters. The van der Waals surface area contributed by atoms with Crippen molar-refractivity contribution < 1.29 is 48.3 Å². The van der Waals surface area contributed by atoms with Crippen LogP contribution in [0.15, 0.2) is 36.4 Å². The maximum Gasteiger partial charge on any atom is 0.308 e. The molecule has 2 aromatic carbocycles. The topological polar surface area (TPSA) is 146 Å². The molecular weight excluding hydrogens is 448 g/mol. The summed E-state index contributed by atoms with van der Waals surface area (Å²) in [6.07, 6.45) is 0. The van der Waals surface area contributed by atoms with Crippen molar-refractivity contribution in [2.45, 2.75) is 25.7 Å². The van der Waals surface area contributed by atoms with Gasteiger partial charge in [-0.15, -0.1) is 0 Å². The van der Waals surface area contributed by atoms with E-state index in [1.54, 1.807) is 0 Å². The highest BCUT2D eigenvalue weighted by Crippen LogP contribution is 2.58. The maximum atomic E-state index is 12.3. The first-order chi connectivity index (χ1) is 16.1. The van der Waals surface area contributed by atoms with Crippen molar-refractivity contribution in [1.29, 1.82) is 0 Å². The van der Waals surface area contributed by atoms with Gasteiger partial charge in [-0.05, 0) is 35.4 Å². The monoisotopic (exact) mass is 472 g/mol. The van der Waals surface area contributed by atoms with Crippen LogP contribution in [0.25, 0.3) is 0 Å². The van der Waals surface area contributed by atoms with E-state index in [9.17, 15) is 29.4 Å². The van der Waals surface area contributed by atoms with Gasteiger partial charge in [0.1, 0.15) is 0 Å². The van der Waals surface area contributed by atoms with Crippen molar-refractivity contribution in [2.24, 2.45) is 11.8 Å². The summed E-state index contributed by atoms with van der Waals surface area (Å²) in [6, 6.07) is 8.90. The van der Waals surface area contributed by atoms with Gasteiger partial charge in [-0.25, -0.2) is 0 Å². The Kier molecular flexibility index (Phi) is 7.09. The highest BCUT2D eigenvalue weighted by Gasteiger charge is 2.58. The van der Waals surface area contributed by atoms with Crippen LogP contribution in [-0.4, -0.2) is 48.3 Å². The second-order valence-electron chi connectivity index (χ2n) is 7.79. The van der Waals surface area contributed by atoms with Crippen LogP contribution in [0.5, 0.6) is 23.0 Å². The van der Waals surface area contributed by atoms with Crippen LogP contribution >= 0.6 is 0 Å². The fourth-order valence-corrected chi connectivity index (χ4v) is 4.45. The minimum Gasteiger partial charge on any atom is -0.493 e. The number of carbonyl (C=O) groups is 4. The summed E-state index contributed by atoms with van der Waals surface area (Å²) >= 11 is 0. The van der Waals surface area contributed by atoms with Gasteiger partial charge < -0.3 is 29.2 Å². The molecule has 2 aromatic rings. The molecule has 0 amide bonds. The molecule has 0 saturated heterocycles. The number of esters is 2. The second kappa shape index (κ2) is 9.82. The predicted molar refractivity (Wildman–Crippen MR) is 116 cm³/mol. The summed E-state index contributed by atoms with van der Waals surface area (Å²) in [6.45, 7) is 2.46. The lowest BCUT2D eigenvalue weighted by Crippen LogP contribution is -2.50. The van der Waals surface area contributed by atoms with Crippen LogP contribution in [0.4, 0.5) is 0 Å². The molecule has 0 aromatic heterocycles. The number of hydrogen-bond acceptors (Lipinski definition) is 8. The first kappa shape index (κ1) is 24.6. The van der Waals surface area contributed by atoms with Crippen molar-refractivity contribution in [1.82, 2.24) is 0 Å². The molecular formula is C24H24O10. The highest BCUT2D eigenvalue weighted by atomic mass is 16.6. The molecule has 180 valence electrons. The van der Waals surface area contributed by atoms with E-state index in [0.29, 0.717) is 11.1 Å². The van der Waals surface area contributed by atoms with E-state index >= 15 is 0 Å². The molecule has 0 radical (unpaired) electrons. The van der Waals surface area contributed by atoms with Crippen molar-refractivity contribution in [3.05, 3.63) is 47.5 Å². The molecule has 1 aliphatic rings. The van der Waals surface area contributed by atoms with E-state index in [1.165, 1.54) is 64.5 Å². The number of rotatable bonds is 8. The van der Waals surface area contributed by atoms with Gasteiger partial charge >= 0.3 is 23.9 Å². The molecule has 3 rings (SSSR count). The standard InChI is InChI=1S/C24H24O10/c1-11(25)33-15-7-5-13(9-17(15)31-3)19-21(23(27)28)20(22(19)24(29)30)14-6-8-16(34-12(2)26)18(10-14)32-4/h5-10,19-22H,1-4H3,(H,27,28)(H,29,30). The van der Waals surface area contributed by atoms with Gasteiger partial charge in [-0.2, -0.15) is 0 Å². The zero-order valence-electron chi connectivity index (χ0n) is 18.9. The van der Waals surface area contributed by atoms with Gasteiger partial charge in [0.2, 0.25) is 0 Å². The molecule has 2 N–H and O–H groups in total. The number of benzene rings is 2. The van der Waals surface area contributed by atoms with Crippen molar-refractivity contribution >= 4 is 23.9 Å². The number of carboxylic acids is 2. The van der Waals surface area contributed by atoms with Crippen molar-refractivity contribution in [3.8, 4) is 23.0 Å². The molecule has 34 heavy (non-hydrogen) atoms. The lowest BCUT2D eigenvalue weighted by atomic mass is 9.52. The summed E-state index contributed by atoms with van der Waals surface area (Å²) in [5.41, 5.74) is 0.847. The minimum atomic E-state index is -1.17. The molecule has 0 unspecified atom stereocenters. The third-order valence-electron chi connectivity index (χ3n) is 5.77. The van der Waals surface area contributed by atoms with Gasteiger partial charge in [0.15, 0.2) is 23.0 Å². The number of hydrogen-bond donors (Lipinski definition) is 2. The lowest BCUT2D eigenvalue weighted by Gasteiger charge is -2.48. The van der Waals surface area contributed by atoms with Gasteiger partial charge in [0, 0.05) is 25.7 Å². The van der Waals surface area contributed by atoms with Crippen LogP contribution in [-0.2, 0) is 19.2 Å². The Bertz CT molecular complexity index is 1040. The molecule has 1 aliphatic carbocycles. The largest absolute Gasteiger partial charge is 0.493 e. The Balaban J connectivity index is 2.04. The lowest BCUT2D eigenvalue weighted by molar-refractivity contribution is -0.160. The van der Waals surface area contributed by atoms with Gasteiger partial charge in [-0.1, -0.05) is 12.1 Å². The fraction of sp³-hybridized carbons (Fsp3) is 0.333. The molecule has 1 saturated carbocycles. The zero-order chi connectivity index (χ0) is 25.2. The summed E-state index contributed by atoms with van der Waals surface area (Å²) in [4.78, 5) is 47.1. The molecule has 0 aliphatic heterocycles. The van der Waals surface area contributed by atoms with Crippen LogP contribution in [0.3, 0.4) is 0 Å². The molecule has 10 heteroatoms. The van der Waals surface area contributed by atoms with Crippen molar-refractivity contribution in [3.63, 3.8) is 0 Å². The molecule has 1 fully saturated rings. The number of carbonyl (C=O) groups excluding carboxylic acids is 2.